The number of ether oxygens (including phenoxy) is 1. The molecular formula is C27H26F4N2O4. The minimum Gasteiger partial charge on any atom is -0.467 e. The lowest BCUT2D eigenvalue weighted by molar-refractivity contribution is -0.137. The van der Waals surface area contributed by atoms with Crippen LogP contribution in [0, 0.1) is 5.82 Å². The molecule has 37 heavy (non-hydrogen) atoms. The van der Waals surface area contributed by atoms with E-state index in [0.29, 0.717) is 24.4 Å². The van der Waals surface area contributed by atoms with Crippen molar-refractivity contribution < 1.29 is 36.3 Å². The van der Waals surface area contributed by atoms with Crippen molar-refractivity contribution in [1.82, 2.24) is 9.80 Å². The van der Waals surface area contributed by atoms with E-state index in [-0.39, 0.29) is 37.8 Å². The van der Waals surface area contributed by atoms with Gasteiger partial charge < -0.3 is 19.0 Å². The number of hydrogen-bond acceptors (Lipinski definition) is 4. The summed E-state index contributed by atoms with van der Waals surface area (Å²) in [5.74, 6) is -1.05. The third-order valence-electron chi connectivity index (χ3n) is 6.06. The number of rotatable bonds is 9. The number of carbonyl (C=O) groups excluding carboxylic acids is 2. The smallest absolute Gasteiger partial charge is 0.416 e. The van der Waals surface area contributed by atoms with Crippen LogP contribution in [-0.2, 0) is 28.8 Å². The van der Waals surface area contributed by atoms with Gasteiger partial charge in [-0.3, -0.25) is 9.59 Å². The van der Waals surface area contributed by atoms with E-state index in [0.717, 1.165) is 18.6 Å². The highest BCUT2D eigenvalue weighted by atomic mass is 19.4. The van der Waals surface area contributed by atoms with Crippen LogP contribution in [0.2, 0.25) is 0 Å². The fourth-order valence-electron chi connectivity index (χ4n) is 4.16. The molecule has 2 amide bonds. The molecule has 1 aliphatic rings. The van der Waals surface area contributed by atoms with Crippen molar-refractivity contribution in [2.45, 2.75) is 38.2 Å². The fraction of sp³-hybridized carbons (Fsp3) is 0.333. The SMILES string of the molecule is O=C(CN(CC1CCCO1)C(=O)c1cccc(C(F)(F)F)c1)N(Cc1ccc(F)cc1)Cc1ccco1. The van der Waals surface area contributed by atoms with Gasteiger partial charge in [-0.05, 0) is 60.9 Å². The second kappa shape index (κ2) is 11.6. The molecule has 0 N–H and O–H groups in total. The van der Waals surface area contributed by atoms with Crippen LogP contribution < -0.4 is 0 Å². The molecule has 1 aliphatic heterocycles. The van der Waals surface area contributed by atoms with Gasteiger partial charge in [0, 0.05) is 25.3 Å². The van der Waals surface area contributed by atoms with Crippen molar-refractivity contribution in [1.29, 1.82) is 0 Å². The molecule has 1 aromatic heterocycles. The maximum absolute atomic E-state index is 13.5. The molecule has 0 spiro atoms. The molecule has 0 saturated carbocycles. The molecule has 0 radical (unpaired) electrons. The number of amides is 2. The van der Waals surface area contributed by atoms with Crippen molar-refractivity contribution in [2.75, 3.05) is 19.7 Å². The Morgan fingerprint density at radius 1 is 0.973 bits per heavy atom. The van der Waals surface area contributed by atoms with Gasteiger partial charge in [-0.15, -0.1) is 0 Å². The maximum Gasteiger partial charge on any atom is 0.416 e. The molecule has 1 saturated heterocycles. The molecule has 3 aromatic rings. The molecule has 4 rings (SSSR count). The van der Waals surface area contributed by atoms with Crippen LogP contribution in [0.5, 0.6) is 0 Å². The number of carbonyl (C=O) groups is 2. The molecule has 196 valence electrons. The summed E-state index contributed by atoms with van der Waals surface area (Å²) in [6.07, 6.45) is -2.00. The van der Waals surface area contributed by atoms with Gasteiger partial charge in [-0.25, -0.2) is 4.39 Å². The highest BCUT2D eigenvalue weighted by Gasteiger charge is 2.32. The molecule has 0 aliphatic carbocycles. The first-order chi connectivity index (χ1) is 17.7. The van der Waals surface area contributed by atoms with Gasteiger partial charge in [0.15, 0.2) is 0 Å². The number of nitrogens with zero attached hydrogens (tertiary/aromatic N) is 2. The van der Waals surface area contributed by atoms with Crippen LogP contribution >= 0.6 is 0 Å². The average Bonchev–Trinajstić information content (AvgIpc) is 3.58. The second-order valence-electron chi connectivity index (χ2n) is 8.85. The van der Waals surface area contributed by atoms with Crippen LogP contribution in [-0.4, -0.2) is 47.4 Å². The van der Waals surface area contributed by atoms with E-state index < -0.39 is 29.4 Å². The van der Waals surface area contributed by atoms with E-state index in [2.05, 4.69) is 0 Å². The van der Waals surface area contributed by atoms with Crippen LogP contribution in [0.15, 0.2) is 71.3 Å². The Balaban J connectivity index is 1.57. The Morgan fingerprint density at radius 2 is 1.76 bits per heavy atom. The fourth-order valence-corrected chi connectivity index (χ4v) is 4.16. The molecule has 0 bridgehead atoms. The summed E-state index contributed by atoms with van der Waals surface area (Å²) in [5, 5.41) is 0. The zero-order valence-electron chi connectivity index (χ0n) is 19.9. The predicted octanol–water partition coefficient (Wildman–Crippen LogP) is 5.29. The highest BCUT2D eigenvalue weighted by Crippen LogP contribution is 2.30. The van der Waals surface area contributed by atoms with Gasteiger partial charge in [-0.2, -0.15) is 13.2 Å². The lowest BCUT2D eigenvalue weighted by Gasteiger charge is -2.29. The van der Waals surface area contributed by atoms with Gasteiger partial charge in [-0.1, -0.05) is 18.2 Å². The summed E-state index contributed by atoms with van der Waals surface area (Å²) >= 11 is 0. The molecule has 1 unspecified atom stereocenters. The summed E-state index contributed by atoms with van der Waals surface area (Å²) in [4.78, 5) is 29.5. The molecule has 6 nitrogen and oxygen atoms in total. The molecule has 1 atom stereocenters. The van der Waals surface area contributed by atoms with Crippen LogP contribution in [0.4, 0.5) is 17.6 Å². The number of hydrogen-bond donors (Lipinski definition) is 0. The first-order valence-corrected chi connectivity index (χ1v) is 11.8. The van der Waals surface area contributed by atoms with E-state index in [4.69, 9.17) is 9.15 Å². The van der Waals surface area contributed by atoms with E-state index in [9.17, 15) is 27.2 Å². The minimum absolute atomic E-state index is 0.0615. The highest BCUT2D eigenvalue weighted by molar-refractivity contribution is 5.96. The number of furan rings is 1. The monoisotopic (exact) mass is 518 g/mol. The van der Waals surface area contributed by atoms with E-state index >= 15 is 0 Å². The third-order valence-corrected chi connectivity index (χ3v) is 6.06. The van der Waals surface area contributed by atoms with Gasteiger partial charge in [0.2, 0.25) is 5.91 Å². The van der Waals surface area contributed by atoms with E-state index in [1.54, 1.807) is 24.3 Å². The Morgan fingerprint density at radius 3 is 2.41 bits per heavy atom. The summed E-state index contributed by atoms with van der Waals surface area (Å²) in [6.45, 7) is 0.405. The molecule has 2 heterocycles. The van der Waals surface area contributed by atoms with Crippen LogP contribution in [0.3, 0.4) is 0 Å². The Hall–Kier alpha value is -3.66. The van der Waals surface area contributed by atoms with Gasteiger partial charge >= 0.3 is 6.18 Å². The Kier molecular flexibility index (Phi) is 8.27. The zero-order chi connectivity index (χ0) is 26.4. The second-order valence-corrected chi connectivity index (χ2v) is 8.85. The molecular weight excluding hydrogens is 492 g/mol. The third kappa shape index (κ3) is 7.19. The van der Waals surface area contributed by atoms with Crippen molar-refractivity contribution >= 4 is 11.8 Å². The molecule has 10 heteroatoms. The van der Waals surface area contributed by atoms with Crippen LogP contribution in [0.1, 0.15) is 40.1 Å². The van der Waals surface area contributed by atoms with Crippen molar-refractivity contribution in [3.05, 3.63) is 95.2 Å². The summed E-state index contributed by atoms with van der Waals surface area (Å²) in [5.41, 5.74) is -0.453. The van der Waals surface area contributed by atoms with Gasteiger partial charge in [0.1, 0.15) is 18.1 Å². The number of alkyl halides is 3. The standard InChI is InChI=1S/C27H26F4N2O4/c28-22-10-8-19(9-11-22)15-32(16-23-6-2-12-36-23)25(34)18-33(17-24-7-3-13-37-24)26(35)20-4-1-5-21(14-20)27(29,30)31/h1-2,4-6,8-12,14,24H,3,7,13,15-18H2. The lowest BCUT2D eigenvalue weighted by atomic mass is 10.1. The average molecular weight is 519 g/mol. The number of halogens is 4. The van der Waals surface area contributed by atoms with Crippen molar-refractivity contribution in [2.24, 2.45) is 0 Å². The summed E-state index contributed by atoms with van der Waals surface area (Å²) < 4.78 is 64.2. The largest absolute Gasteiger partial charge is 0.467 e. The van der Waals surface area contributed by atoms with Gasteiger partial charge in [0.05, 0.1) is 24.5 Å². The normalized spacial score (nSPS) is 15.5. The summed E-state index contributed by atoms with van der Waals surface area (Å²) in [7, 11) is 0. The topological polar surface area (TPSA) is 63.0 Å². The Bertz CT molecular complexity index is 1190. The number of benzene rings is 2. The lowest BCUT2D eigenvalue weighted by Crippen LogP contribution is -2.45. The van der Waals surface area contributed by atoms with Gasteiger partial charge in [0.25, 0.3) is 5.91 Å². The van der Waals surface area contributed by atoms with Crippen LogP contribution in [0.25, 0.3) is 0 Å². The van der Waals surface area contributed by atoms with E-state index in [1.165, 1.54) is 40.3 Å². The Labute approximate surface area is 211 Å². The zero-order valence-corrected chi connectivity index (χ0v) is 19.9. The first-order valence-electron chi connectivity index (χ1n) is 11.8. The van der Waals surface area contributed by atoms with Crippen molar-refractivity contribution in [3.8, 4) is 0 Å². The molecule has 1 fully saturated rings. The summed E-state index contributed by atoms with van der Waals surface area (Å²) in [6, 6.07) is 13.2. The first kappa shape index (κ1) is 26.4. The van der Waals surface area contributed by atoms with Crippen molar-refractivity contribution in [3.63, 3.8) is 0 Å². The van der Waals surface area contributed by atoms with E-state index in [1.807, 2.05) is 0 Å². The molecule has 2 aromatic carbocycles. The predicted molar refractivity (Wildman–Crippen MR) is 126 cm³/mol. The quantitative estimate of drug-likeness (QED) is 0.362. The minimum atomic E-state index is -4.61. The maximum atomic E-state index is 13.5.